The molecular weight excluding hydrogens is 398 g/mol. The maximum atomic E-state index is 6.30. The van der Waals surface area contributed by atoms with Crippen molar-refractivity contribution in [1.82, 2.24) is 19.5 Å². The standard InChI is InChI=1S/C26H31N5O/c1-20(32-17-22-14-8-3-9-15-22)23(16-10-4-7-13-21-11-5-2-6-12-21)31-19-30-24-25(27)28-18-29-26(24)31/h2-3,5-6,8-9,11-12,14-15,18-20,23H,4,7,10,13,16-17H2,1H3,(H2,27,28,29)/t20-,23+/m0/s1. The van der Waals surface area contributed by atoms with Crippen LogP contribution >= 0.6 is 0 Å². The van der Waals surface area contributed by atoms with Crippen LogP contribution in [-0.4, -0.2) is 25.6 Å². The van der Waals surface area contributed by atoms with E-state index in [1.165, 1.54) is 30.3 Å². The Balaban J connectivity index is 1.42. The van der Waals surface area contributed by atoms with Crippen molar-refractivity contribution in [3.8, 4) is 0 Å². The Kier molecular flexibility index (Phi) is 7.46. The van der Waals surface area contributed by atoms with Crippen LogP contribution in [0.3, 0.4) is 0 Å². The average Bonchev–Trinajstić information content (AvgIpc) is 3.26. The molecule has 4 aromatic rings. The highest BCUT2D eigenvalue weighted by Crippen LogP contribution is 2.27. The van der Waals surface area contributed by atoms with Gasteiger partial charge < -0.3 is 15.0 Å². The van der Waals surface area contributed by atoms with Crippen molar-refractivity contribution in [2.45, 2.75) is 57.8 Å². The molecule has 0 aliphatic carbocycles. The summed E-state index contributed by atoms with van der Waals surface area (Å²) >= 11 is 0. The van der Waals surface area contributed by atoms with Crippen LogP contribution in [0.1, 0.15) is 49.8 Å². The van der Waals surface area contributed by atoms with Gasteiger partial charge in [-0.05, 0) is 37.3 Å². The minimum atomic E-state index is -0.00193. The van der Waals surface area contributed by atoms with E-state index in [0.717, 1.165) is 24.9 Å². The summed E-state index contributed by atoms with van der Waals surface area (Å²) in [4.78, 5) is 13.0. The van der Waals surface area contributed by atoms with Crippen LogP contribution in [-0.2, 0) is 17.8 Å². The molecule has 0 radical (unpaired) electrons. The highest BCUT2D eigenvalue weighted by molar-refractivity contribution is 5.81. The van der Waals surface area contributed by atoms with E-state index < -0.39 is 0 Å². The number of nitrogens with zero attached hydrogens (tertiary/aromatic N) is 4. The van der Waals surface area contributed by atoms with Gasteiger partial charge >= 0.3 is 0 Å². The predicted molar refractivity (Wildman–Crippen MR) is 128 cm³/mol. The van der Waals surface area contributed by atoms with Gasteiger partial charge in [-0.1, -0.05) is 73.5 Å². The van der Waals surface area contributed by atoms with Gasteiger partial charge in [-0.2, -0.15) is 0 Å². The second-order valence-electron chi connectivity index (χ2n) is 8.24. The SMILES string of the molecule is C[C@H](OCc1ccccc1)[C@@H](CCCCCc1ccccc1)n1cnc2c(N)ncnc21. The van der Waals surface area contributed by atoms with Gasteiger partial charge in [0, 0.05) is 0 Å². The number of aromatic nitrogens is 4. The summed E-state index contributed by atoms with van der Waals surface area (Å²) in [5.41, 5.74) is 10.0. The molecule has 6 nitrogen and oxygen atoms in total. The number of hydrogen-bond acceptors (Lipinski definition) is 5. The molecule has 0 amide bonds. The lowest BCUT2D eigenvalue weighted by Crippen LogP contribution is -2.24. The number of imidazole rings is 1. The zero-order valence-corrected chi connectivity index (χ0v) is 18.6. The number of benzene rings is 2. The Bertz CT molecular complexity index is 1100. The van der Waals surface area contributed by atoms with Gasteiger partial charge in [0.05, 0.1) is 25.1 Å². The molecule has 32 heavy (non-hydrogen) atoms. The molecule has 0 unspecified atom stereocenters. The average molecular weight is 430 g/mol. The molecule has 6 heteroatoms. The van der Waals surface area contributed by atoms with E-state index in [9.17, 15) is 0 Å². The molecule has 166 valence electrons. The number of rotatable bonds is 11. The van der Waals surface area contributed by atoms with Gasteiger partial charge in [-0.3, -0.25) is 0 Å². The Hall–Kier alpha value is -3.25. The molecule has 0 fully saturated rings. The van der Waals surface area contributed by atoms with Crippen molar-refractivity contribution >= 4 is 17.0 Å². The number of aryl methyl sites for hydroxylation is 1. The van der Waals surface area contributed by atoms with Crippen molar-refractivity contribution in [2.75, 3.05) is 5.73 Å². The zero-order valence-electron chi connectivity index (χ0n) is 18.6. The van der Waals surface area contributed by atoms with Crippen LogP contribution in [0.5, 0.6) is 0 Å². The topological polar surface area (TPSA) is 78.9 Å². The van der Waals surface area contributed by atoms with Gasteiger partial charge in [0.2, 0.25) is 0 Å². The monoisotopic (exact) mass is 429 g/mol. The first-order chi connectivity index (χ1) is 15.7. The summed E-state index contributed by atoms with van der Waals surface area (Å²) in [5.74, 6) is 0.410. The van der Waals surface area contributed by atoms with E-state index in [4.69, 9.17) is 10.5 Å². The molecular formula is C26H31N5O. The molecule has 2 aromatic heterocycles. The zero-order chi connectivity index (χ0) is 22.2. The first kappa shape index (κ1) is 22.0. The number of unbranched alkanes of at least 4 members (excludes halogenated alkanes) is 2. The largest absolute Gasteiger partial charge is 0.382 e. The van der Waals surface area contributed by atoms with E-state index in [1.807, 2.05) is 24.5 Å². The van der Waals surface area contributed by atoms with Crippen molar-refractivity contribution < 1.29 is 4.74 Å². The summed E-state index contributed by atoms with van der Waals surface area (Å²) in [6, 6.07) is 21.1. The number of nitrogen functional groups attached to an aromatic ring is 1. The number of nitrogens with two attached hydrogens (primary N) is 1. The van der Waals surface area contributed by atoms with Crippen LogP contribution in [0, 0.1) is 0 Å². The Labute approximate surface area is 189 Å². The minimum absolute atomic E-state index is 0.00193. The molecule has 2 N–H and O–H groups in total. The lowest BCUT2D eigenvalue weighted by molar-refractivity contribution is 0.0150. The third kappa shape index (κ3) is 5.51. The molecule has 0 saturated carbocycles. The molecule has 0 aliphatic rings. The van der Waals surface area contributed by atoms with Crippen LogP contribution in [0.4, 0.5) is 5.82 Å². The molecule has 0 spiro atoms. The summed E-state index contributed by atoms with van der Waals surface area (Å²) in [7, 11) is 0. The van der Waals surface area contributed by atoms with E-state index in [-0.39, 0.29) is 12.1 Å². The van der Waals surface area contributed by atoms with Gasteiger partial charge in [0.15, 0.2) is 11.5 Å². The van der Waals surface area contributed by atoms with Gasteiger partial charge in [-0.25, -0.2) is 15.0 Å². The molecule has 2 aromatic carbocycles. The Morgan fingerprint density at radius 1 is 0.875 bits per heavy atom. The Morgan fingerprint density at radius 2 is 1.59 bits per heavy atom. The molecule has 2 heterocycles. The normalized spacial score (nSPS) is 13.3. The lowest BCUT2D eigenvalue weighted by atomic mass is 10.0. The fraction of sp³-hybridized carbons (Fsp3) is 0.346. The molecule has 0 aliphatic heterocycles. The summed E-state index contributed by atoms with van der Waals surface area (Å²) in [5, 5.41) is 0. The maximum absolute atomic E-state index is 6.30. The second kappa shape index (κ2) is 10.9. The van der Waals surface area contributed by atoms with Gasteiger partial charge in [0.25, 0.3) is 0 Å². The fourth-order valence-electron chi connectivity index (χ4n) is 4.13. The van der Waals surface area contributed by atoms with Crippen LogP contribution in [0.25, 0.3) is 11.2 Å². The van der Waals surface area contributed by atoms with Crippen molar-refractivity contribution in [3.05, 3.63) is 84.4 Å². The highest BCUT2D eigenvalue weighted by atomic mass is 16.5. The van der Waals surface area contributed by atoms with Crippen molar-refractivity contribution in [1.29, 1.82) is 0 Å². The smallest absolute Gasteiger partial charge is 0.165 e. The highest BCUT2D eigenvalue weighted by Gasteiger charge is 2.23. The number of fused-ring (bicyclic) bond motifs is 1. The van der Waals surface area contributed by atoms with Crippen LogP contribution < -0.4 is 5.73 Å². The molecule has 4 rings (SSSR count). The molecule has 2 atom stereocenters. The quantitative estimate of drug-likeness (QED) is 0.325. The van der Waals surface area contributed by atoms with Gasteiger partial charge in [0.1, 0.15) is 11.8 Å². The predicted octanol–water partition coefficient (Wildman–Crippen LogP) is 5.36. The maximum Gasteiger partial charge on any atom is 0.165 e. The summed E-state index contributed by atoms with van der Waals surface area (Å²) < 4.78 is 8.41. The van der Waals surface area contributed by atoms with Gasteiger partial charge in [-0.15, -0.1) is 0 Å². The molecule has 0 saturated heterocycles. The Morgan fingerprint density at radius 3 is 2.34 bits per heavy atom. The third-order valence-electron chi connectivity index (χ3n) is 5.95. The lowest BCUT2D eigenvalue weighted by Gasteiger charge is -2.26. The van der Waals surface area contributed by atoms with Crippen molar-refractivity contribution in [3.63, 3.8) is 0 Å². The summed E-state index contributed by atoms with van der Waals surface area (Å²) in [6.45, 7) is 2.71. The fourth-order valence-corrected chi connectivity index (χ4v) is 4.13. The summed E-state index contributed by atoms with van der Waals surface area (Å²) in [6.07, 6.45) is 8.88. The molecule has 0 bridgehead atoms. The second-order valence-corrected chi connectivity index (χ2v) is 8.24. The van der Waals surface area contributed by atoms with Crippen LogP contribution in [0.15, 0.2) is 73.3 Å². The van der Waals surface area contributed by atoms with E-state index in [0.29, 0.717) is 17.9 Å². The van der Waals surface area contributed by atoms with Crippen LogP contribution in [0.2, 0.25) is 0 Å². The van der Waals surface area contributed by atoms with E-state index >= 15 is 0 Å². The van der Waals surface area contributed by atoms with E-state index in [1.54, 1.807) is 0 Å². The first-order valence-corrected chi connectivity index (χ1v) is 11.3. The van der Waals surface area contributed by atoms with Crippen molar-refractivity contribution in [2.24, 2.45) is 0 Å². The number of ether oxygens (including phenoxy) is 1. The number of hydrogen-bond donors (Lipinski definition) is 1. The third-order valence-corrected chi connectivity index (χ3v) is 5.95. The first-order valence-electron chi connectivity index (χ1n) is 11.3. The minimum Gasteiger partial charge on any atom is -0.382 e. The number of anilines is 1. The van der Waals surface area contributed by atoms with E-state index in [2.05, 4.69) is 68.9 Å².